The summed E-state index contributed by atoms with van der Waals surface area (Å²) in [5.41, 5.74) is 9.74. The van der Waals surface area contributed by atoms with E-state index in [1.807, 2.05) is 54.1 Å². The van der Waals surface area contributed by atoms with Crippen LogP contribution in [0.25, 0.3) is 21.8 Å². The Balaban J connectivity index is 1.41. The van der Waals surface area contributed by atoms with E-state index in [2.05, 4.69) is 45.3 Å². The molecule has 0 saturated carbocycles. The number of hydrogen-bond acceptors (Lipinski definition) is 4. The molecule has 32 heavy (non-hydrogen) atoms. The Morgan fingerprint density at radius 2 is 1.88 bits per heavy atom. The summed E-state index contributed by atoms with van der Waals surface area (Å²) in [7, 11) is 0. The fourth-order valence-electron chi connectivity index (χ4n) is 4.80. The van der Waals surface area contributed by atoms with Gasteiger partial charge in [0, 0.05) is 17.8 Å². The quantitative estimate of drug-likeness (QED) is 0.464. The molecule has 0 aliphatic carbocycles. The van der Waals surface area contributed by atoms with Crippen LogP contribution in [0, 0.1) is 0 Å². The Hall–Kier alpha value is -3.42. The maximum absolute atomic E-state index is 13.6. The number of nitrogens with one attached hydrogen (secondary N) is 1. The van der Waals surface area contributed by atoms with Crippen molar-refractivity contribution in [1.82, 2.24) is 20.0 Å². The molecule has 6 rings (SSSR count). The minimum absolute atomic E-state index is 0.000827. The lowest BCUT2D eigenvalue weighted by atomic mass is 9.99. The molecule has 0 spiro atoms. The summed E-state index contributed by atoms with van der Waals surface area (Å²) in [5, 5.41) is 6.40. The molecule has 0 radical (unpaired) electrons. The highest BCUT2D eigenvalue weighted by Crippen LogP contribution is 2.50. The summed E-state index contributed by atoms with van der Waals surface area (Å²) < 4.78 is 0. The SMILES string of the molecule is CC(C)(N)CCN1C2C(c3ccc4ccccc4c3)N(c3ccc4[nH]cnc4c3)C(=O)N21. The summed E-state index contributed by atoms with van der Waals surface area (Å²) in [6, 6.07) is 20.7. The Labute approximate surface area is 186 Å². The normalized spacial score (nSPS) is 22.7. The Bertz CT molecular complexity index is 1340. The maximum Gasteiger partial charge on any atom is 0.341 e. The van der Waals surface area contributed by atoms with Gasteiger partial charge in [0.25, 0.3) is 0 Å². The fraction of sp³-hybridized carbons (Fsp3) is 0.280. The lowest BCUT2D eigenvalue weighted by Gasteiger charge is -2.29. The van der Waals surface area contributed by atoms with Gasteiger partial charge >= 0.3 is 6.03 Å². The van der Waals surface area contributed by atoms with E-state index in [4.69, 9.17) is 5.73 Å². The first-order valence-corrected chi connectivity index (χ1v) is 11.0. The van der Waals surface area contributed by atoms with Crippen LogP contribution in [0.2, 0.25) is 0 Å². The number of fused-ring (bicyclic) bond motifs is 3. The second-order valence-corrected chi connectivity index (χ2v) is 9.47. The van der Waals surface area contributed by atoms with E-state index >= 15 is 0 Å². The zero-order chi connectivity index (χ0) is 22.0. The summed E-state index contributed by atoms with van der Waals surface area (Å²) in [6.45, 7) is 4.81. The molecule has 3 heterocycles. The van der Waals surface area contributed by atoms with Gasteiger partial charge < -0.3 is 10.7 Å². The molecule has 3 unspecified atom stereocenters. The zero-order valence-electron chi connectivity index (χ0n) is 18.2. The number of hydrazine groups is 1. The van der Waals surface area contributed by atoms with Crippen LogP contribution < -0.4 is 10.6 Å². The van der Waals surface area contributed by atoms with Crippen LogP contribution in [-0.2, 0) is 0 Å². The molecule has 3 aromatic carbocycles. The van der Waals surface area contributed by atoms with Crippen LogP contribution in [0.15, 0.2) is 67.0 Å². The number of nitrogens with two attached hydrogens (primary N) is 1. The number of H-pyrrole nitrogens is 1. The van der Waals surface area contributed by atoms with Gasteiger partial charge in [-0.15, -0.1) is 0 Å². The summed E-state index contributed by atoms with van der Waals surface area (Å²) in [5.74, 6) is 0. The average Bonchev–Trinajstić information content (AvgIpc) is 3.12. The highest BCUT2D eigenvalue weighted by atomic mass is 16.2. The van der Waals surface area contributed by atoms with Crippen molar-refractivity contribution in [2.45, 2.75) is 38.0 Å². The molecule has 1 aromatic heterocycles. The summed E-state index contributed by atoms with van der Waals surface area (Å²) in [6.07, 6.45) is 2.50. The third kappa shape index (κ3) is 3.04. The number of aromatic amines is 1. The van der Waals surface area contributed by atoms with Crippen LogP contribution in [0.3, 0.4) is 0 Å². The standard InChI is InChI=1S/C25H26N6O/c1-25(2,26)11-12-29-23-22(18-8-7-16-5-3-4-6-17(16)13-18)30(24(32)31(23)29)19-9-10-20-21(14-19)28-15-27-20/h3-10,13-15,22-23H,11-12,26H2,1-2H3,(H,27,28). The Morgan fingerprint density at radius 3 is 2.69 bits per heavy atom. The van der Waals surface area contributed by atoms with Crippen LogP contribution in [0.1, 0.15) is 31.9 Å². The van der Waals surface area contributed by atoms with Gasteiger partial charge in [-0.2, -0.15) is 5.01 Å². The highest BCUT2D eigenvalue weighted by Gasteiger charge is 2.64. The number of hydrogen-bond donors (Lipinski definition) is 2. The van der Waals surface area contributed by atoms with Gasteiger partial charge in [0.05, 0.1) is 17.4 Å². The molecular formula is C25H26N6O. The number of aromatic nitrogens is 2. The summed E-state index contributed by atoms with van der Waals surface area (Å²) >= 11 is 0. The van der Waals surface area contributed by atoms with E-state index in [-0.39, 0.29) is 23.8 Å². The second-order valence-electron chi connectivity index (χ2n) is 9.47. The van der Waals surface area contributed by atoms with Crippen molar-refractivity contribution in [1.29, 1.82) is 0 Å². The van der Waals surface area contributed by atoms with Gasteiger partial charge in [-0.1, -0.05) is 36.4 Å². The highest BCUT2D eigenvalue weighted by molar-refractivity contribution is 5.99. The Kier molecular flexibility index (Phi) is 4.09. The molecule has 4 aromatic rings. The summed E-state index contributed by atoms with van der Waals surface area (Å²) in [4.78, 5) is 23.0. The number of rotatable bonds is 5. The molecule has 0 bridgehead atoms. The number of benzene rings is 3. The van der Waals surface area contributed by atoms with Gasteiger partial charge in [-0.3, -0.25) is 4.90 Å². The van der Waals surface area contributed by atoms with Gasteiger partial charge in [-0.05, 0) is 60.9 Å². The van der Waals surface area contributed by atoms with Crippen molar-refractivity contribution in [2.75, 3.05) is 11.4 Å². The average molecular weight is 427 g/mol. The van der Waals surface area contributed by atoms with E-state index in [1.165, 1.54) is 10.8 Å². The van der Waals surface area contributed by atoms with Crippen molar-refractivity contribution in [2.24, 2.45) is 5.73 Å². The molecule has 2 aliphatic rings. The number of carbonyl (C=O) groups excluding carboxylic acids is 1. The third-order valence-corrected chi connectivity index (χ3v) is 6.52. The van der Waals surface area contributed by atoms with Crippen molar-refractivity contribution in [3.63, 3.8) is 0 Å². The van der Waals surface area contributed by atoms with Crippen molar-refractivity contribution in [3.05, 3.63) is 72.6 Å². The van der Waals surface area contributed by atoms with Crippen molar-refractivity contribution >= 4 is 33.5 Å². The first kappa shape index (κ1) is 19.3. The molecule has 2 saturated heterocycles. The van der Waals surface area contributed by atoms with Crippen molar-refractivity contribution in [3.8, 4) is 0 Å². The minimum Gasteiger partial charge on any atom is -0.345 e. The molecule has 3 atom stereocenters. The van der Waals surface area contributed by atoms with Crippen LogP contribution in [0.5, 0.6) is 0 Å². The topological polar surface area (TPSA) is 81.0 Å². The fourth-order valence-corrected chi connectivity index (χ4v) is 4.80. The maximum atomic E-state index is 13.6. The lowest BCUT2D eigenvalue weighted by Crippen LogP contribution is -2.39. The van der Waals surface area contributed by atoms with Gasteiger partial charge in [0.15, 0.2) is 0 Å². The van der Waals surface area contributed by atoms with E-state index in [0.29, 0.717) is 0 Å². The van der Waals surface area contributed by atoms with Gasteiger partial charge in [0.1, 0.15) is 12.2 Å². The molecule has 7 nitrogen and oxygen atoms in total. The number of carbonyl (C=O) groups is 1. The van der Waals surface area contributed by atoms with E-state index in [9.17, 15) is 4.79 Å². The molecule has 2 amide bonds. The van der Waals surface area contributed by atoms with E-state index in [0.717, 1.165) is 35.2 Å². The molecule has 2 aliphatic heterocycles. The van der Waals surface area contributed by atoms with Crippen LogP contribution in [0.4, 0.5) is 10.5 Å². The van der Waals surface area contributed by atoms with Crippen LogP contribution in [-0.4, -0.2) is 44.3 Å². The molecule has 3 N–H and O–H groups in total. The van der Waals surface area contributed by atoms with Crippen molar-refractivity contribution < 1.29 is 4.79 Å². The largest absolute Gasteiger partial charge is 0.345 e. The third-order valence-electron chi connectivity index (χ3n) is 6.52. The number of urea groups is 1. The monoisotopic (exact) mass is 426 g/mol. The smallest absolute Gasteiger partial charge is 0.341 e. The predicted molar refractivity (Wildman–Crippen MR) is 126 cm³/mol. The first-order chi connectivity index (χ1) is 15.4. The molecule has 162 valence electrons. The predicted octanol–water partition coefficient (Wildman–Crippen LogP) is 4.38. The van der Waals surface area contributed by atoms with E-state index in [1.54, 1.807) is 6.33 Å². The number of imidazole rings is 1. The number of anilines is 1. The van der Waals surface area contributed by atoms with Crippen LogP contribution >= 0.6 is 0 Å². The minimum atomic E-state index is -0.274. The number of nitrogens with zero attached hydrogens (tertiary/aromatic N) is 4. The second kappa shape index (κ2) is 6.79. The molecule has 7 heteroatoms. The van der Waals surface area contributed by atoms with Gasteiger partial charge in [0.2, 0.25) is 0 Å². The van der Waals surface area contributed by atoms with E-state index < -0.39 is 0 Å². The first-order valence-electron chi connectivity index (χ1n) is 11.0. The van der Waals surface area contributed by atoms with Gasteiger partial charge in [-0.25, -0.2) is 14.8 Å². The zero-order valence-corrected chi connectivity index (χ0v) is 18.2. The lowest BCUT2D eigenvalue weighted by molar-refractivity contribution is 0.211. The molecule has 2 fully saturated rings. The Morgan fingerprint density at radius 1 is 1.06 bits per heavy atom. The molecular weight excluding hydrogens is 400 g/mol. The number of amides is 2.